The predicted octanol–water partition coefficient (Wildman–Crippen LogP) is -3.54. The smallest absolute Gasteiger partial charge is 0.286 e. The van der Waals surface area contributed by atoms with Crippen LogP contribution in [0.15, 0.2) is 6.33 Å². The lowest BCUT2D eigenvalue weighted by molar-refractivity contribution is -0.302. The minimum absolute atomic E-state index is 0.00348. The van der Waals surface area contributed by atoms with Crippen LogP contribution in [0.1, 0.15) is 0 Å². The van der Waals surface area contributed by atoms with Crippen molar-refractivity contribution in [3.05, 3.63) is 6.33 Å². The summed E-state index contributed by atoms with van der Waals surface area (Å²) in [4.78, 5) is 11.5. The van der Waals surface area contributed by atoms with Crippen molar-refractivity contribution in [3.8, 4) is 0 Å². The van der Waals surface area contributed by atoms with E-state index in [1.54, 1.807) is 0 Å². The van der Waals surface area contributed by atoms with Crippen LogP contribution >= 0.6 is 0 Å². The van der Waals surface area contributed by atoms with Gasteiger partial charge in [-0.2, -0.15) is 9.97 Å². The highest BCUT2D eigenvalue weighted by Crippen LogP contribution is 2.55. The van der Waals surface area contributed by atoms with Crippen LogP contribution in [-0.4, -0.2) is 63.9 Å². The number of nitrogens with two attached hydrogens (primary N) is 2. The fraction of sp³-hybridized carbons (Fsp3) is 0.500. The van der Waals surface area contributed by atoms with Crippen molar-refractivity contribution in [2.45, 2.75) is 29.8 Å². The number of ether oxygens (including phenoxy) is 1. The van der Waals surface area contributed by atoms with Gasteiger partial charge in [0.15, 0.2) is 28.7 Å². The summed E-state index contributed by atoms with van der Waals surface area (Å²) in [5.41, 5.74) is 9.39. The van der Waals surface area contributed by atoms with Crippen molar-refractivity contribution in [3.63, 3.8) is 0 Å². The van der Waals surface area contributed by atoms with Crippen molar-refractivity contribution in [2.24, 2.45) is 0 Å². The third-order valence-electron chi connectivity index (χ3n) is 3.99. The normalized spacial score (nSPS) is 41.4. The van der Waals surface area contributed by atoms with E-state index in [1.807, 2.05) is 0 Å². The Bertz CT molecular complexity index is 766. The summed E-state index contributed by atoms with van der Waals surface area (Å²) in [5.74, 6) is -2.50. The number of aliphatic hydroxyl groups excluding tert-OH is 2. The van der Waals surface area contributed by atoms with Crippen LogP contribution in [-0.2, 0) is 10.6 Å². The molecule has 8 N–H and O–H groups in total. The summed E-state index contributed by atoms with van der Waals surface area (Å²) in [6.45, 7) is 0. The molecule has 1 unspecified atom stereocenters. The van der Waals surface area contributed by atoms with Crippen LogP contribution in [0.2, 0.25) is 0 Å². The third kappa shape index (κ3) is 1.27. The first-order valence-corrected chi connectivity index (χ1v) is 6.05. The molecule has 0 aromatic carbocycles. The molecule has 1 aliphatic carbocycles. The predicted molar refractivity (Wildman–Crippen MR) is 66.2 cm³/mol. The number of imidazole rings is 1. The van der Waals surface area contributed by atoms with Crippen LogP contribution in [0.25, 0.3) is 11.2 Å². The summed E-state index contributed by atoms with van der Waals surface area (Å²) >= 11 is 0. The third-order valence-corrected chi connectivity index (χ3v) is 3.99. The Morgan fingerprint density at radius 3 is 2.57 bits per heavy atom. The molecule has 112 valence electrons. The standard InChI is InChI=1S/C10H12N6O5/c11-5-2-6(15-8(12)14-5)16(1-13-2)10(20)7(18)9(19)3(17)4(9)21-10/h1,3-4,7,17-20H,(H4,11,12,14,15)/t3?,4-,7-,9+,10-/m1/s1. The van der Waals surface area contributed by atoms with E-state index >= 15 is 0 Å². The second kappa shape index (κ2) is 3.40. The molecule has 0 amide bonds. The molecule has 2 aliphatic rings. The monoisotopic (exact) mass is 296 g/mol. The zero-order valence-corrected chi connectivity index (χ0v) is 10.5. The Kier molecular flexibility index (Phi) is 2.05. The summed E-state index contributed by atoms with van der Waals surface area (Å²) in [5, 5.41) is 40.1. The second-order valence-electron chi connectivity index (χ2n) is 5.19. The number of aromatic nitrogens is 4. The summed E-state index contributed by atoms with van der Waals surface area (Å²) in [6.07, 6.45) is -3.06. The number of nitrogens with zero attached hydrogens (tertiary/aromatic N) is 4. The van der Waals surface area contributed by atoms with Crippen LogP contribution in [0.4, 0.5) is 11.8 Å². The summed E-state index contributed by atoms with van der Waals surface area (Å²) < 4.78 is 6.15. The number of aliphatic hydroxyl groups is 4. The van der Waals surface area contributed by atoms with Gasteiger partial charge < -0.3 is 36.6 Å². The van der Waals surface area contributed by atoms with Crippen LogP contribution in [0, 0.1) is 0 Å². The summed E-state index contributed by atoms with van der Waals surface area (Å²) in [7, 11) is 0. The molecule has 1 aliphatic heterocycles. The fourth-order valence-electron chi connectivity index (χ4n) is 2.74. The Hall–Kier alpha value is -2.05. The van der Waals surface area contributed by atoms with Crippen molar-refractivity contribution < 1.29 is 25.2 Å². The van der Waals surface area contributed by atoms with Gasteiger partial charge >= 0.3 is 0 Å². The van der Waals surface area contributed by atoms with E-state index in [0.717, 1.165) is 10.9 Å². The number of rotatable bonds is 1. The molecule has 3 heterocycles. The fourth-order valence-corrected chi connectivity index (χ4v) is 2.74. The number of hydrogen-bond donors (Lipinski definition) is 6. The van der Waals surface area contributed by atoms with Crippen LogP contribution < -0.4 is 11.5 Å². The van der Waals surface area contributed by atoms with E-state index in [1.165, 1.54) is 0 Å². The van der Waals surface area contributed by atoms with Gasteiger partial charge in [-0.25, -0.2) is 4.98 Å². The first-order valence-electron chi connectivity index (χ1n) is 6.05. The van der Waals surface area contributed by atoms with Gasteiger partial charge in [-0.15, -0.1) is 0 Å². The Balaban J connectivity index is 1.88. The minimum Gasteiger partial charge on any atom is -0.387 e. The van der Waals surface area contributed by atoms with Gasteiger partial charge in [0.05, 0.1) is 0 Å². The molecule has 1 saturated carbocycles. The van der Waals surface area contributed by atoms with Gasteiger partial charge in [-0.05, 0) is 0 Å². The number of hydrogen-bond acceptors (Lipinski definition) is 10. The lowest BCUT2D eigenvalue weighted by Gasteiger charge is -2.30. The first kappa shape index (κ1) is 12.7. The van der Waals surface area contributed by atoms with E-state index in [4.69, 9.17) is 16.2 Å². The maximum absolute atomic E-state index is 10.5. The maximum atomic E-state index is 10.5. The zero-order chi connectivity index (χ0) is 15.2. The molecule has 11 nitrogen and oxygen atoms in total. The average Bonchev–Trinajstić information content (AvgIpc) is 2.79. The highest BCUT2D eigenvalue weighted by atomic mass is 16.7. The highest BCUT2D eigenvalue weighted by Gasteiger charge is 2.81. The molecule has 0 spiro atoms. The van der Waals surface area contributed by atoms with Gasteiger partial charge in [0, 0.05) is 0 Å². The summed E-state index contributed by atoms with van der Waals surface area (Å²) in [6, 6.07) is 0. The van der Waals surface area contributed by atoms with Crippen molar-refractivity contribution in [2.75, 3.05) is 11.5 Å². The molecule has 2 fully saturated rings. The first-order chi connectivity index (χ1) is 9.80. The molecule has 0 bridgehead atoms. The largest absolute Gasteiger partial charge is 0.387 e. The molecule has 0 radical (unpaired) electrons. The topological polar surface area (TPSA) is 186 Å². The molecule has 4 rings (SSSR count). The van der Waals surface area contributed by atoms with E-state index in [0.29, 0.717) is 0 Å². The lowest BCUT2D eigenvalue weighted by atomic mass is 10.1. The molecule has 21 heavy (non-hydrogen) atoms. The van der Waals surface area contributed by atoms with Gasteiger partial charge in [0.1, 0.15) is 18.5 Å². The van der Waals surface area contributed by atoms with Gasteiger partial charge in [0.2, 0.25) is 5.95 Å². The molecular formula is C10H12N6O5. The van der Waals surface area contributed by atoms with Crippen LogP contribution in [0.3, 0.4) is 0 Å². The second-order valence-corrected chi connectivity index (χ2v) is 5.19. The molecule has 1 saturated heterocycles. The van der Waals surface area contributed by atoms with Crippen molar-refractivity contribution in [1.82, 2.24) is 19.5 Å². The Morgan fingerprint density at radius 2 is 1.95 bits per heavy atom. The van der Waals surface area contributed by atoms with E-state index in [-0.39, 0.29) is 22.9 Å². The zero-order valence-electron chi connectivity index (χ0n) is 10.5. The Morgan fingerprint density at radius 1 is 1.24 bits per heavy atom. The lowest BCUT2D eigenvalue weighted by Crippen LogP contribution is -2.50. The highest BCUT2D eigenvalue weighted by molar-refractivity contribution is 5.82. The van der Waals surface area contributed by atoms with Crippen molar-refractivity contribution in [1.29, 1.82) is 0 Å². The molecule has 11 heteroatoms. The molecule has 2 aromatic heterocycles. The number of fused-ring (bicyclic) bond motifs is 2. The number of anilines is 2. The number of nitrogen functional groups attached to an aromatic ring is 2. The van der Waals surface area contributed by atoms with E-state index < -0.39 is 29.8 Å². The van der Waals surface area contributed by atoms with Crippen LogP contribution in [0.5, 0.6) is 0 Å². The molecule has 5 atom stereocenters. The average molecular weight is 296 g/mol. The quantitative estimate of drug-likeness (QED) is 0.307. The minimum atomic E-state index is -2.35. The van der Waals surface area contributed by atoms with E-state index in [2.05, 4.69) is 15.0 Å². The van der Waals surface area contributed by atoms with Gasteiger partial charge in [-0.3, -0.25) is 4.57 Å². The SMILES string of the molecule is Nc1nc(N)c2ncn([C@]3(O)O[C@@H]4C(O)[C@@]4(O)[C@H]3O)c2n1. The van der Waals surface area contributed by atoms with Gasteiger partial charge in [0.25, 0.3) is 5.91 Å². The molecular weight excluding hydrogens is 284 g/mol. The Labute approximate surface area is 116 Å². The van der Waals surface area contributed by atoms with Crippen molar-refractivity contribution >= 4 is 22.9 Å². The van der Waals surface area contributed by atoms with Gasteiger partial charge in [-0.1, -0.05) is 0 Å². The molecule has 2 aromatic rings. The van der Waals surface area contributed by atoms with E-state index in [9.17, 15) is 20.4 Å². The maximum Gasteiger partial charge on any atom is 0.286 e.